The van der Waals surface area contributed by atoms with Crippen LogP contribution in [0.25, 0.3) is 0 Å². The molecule has 2 aromatic rings. The smallest absolute Gasteiger partial charge is 0.136 e. The van der Waals surface area contributed by atoms with Crippen LogP contribution in [0, 0.1) is 13.8 Å². The molecule has 0 saturated carbocycles. The molecule has 1 aromatic heterocycles. The largest absolute Gasteiger partial charge is 0.330 e. The van der Waals surface area contributed by atoms with Gasteiger partial charge in [0.1, 0.15) is 11.6 Å². The Kier molecular flexibility index (Phi) is 3.40. The molecule has 1 aliphatic heterocycles. The predicted octanol–water partition coefficient (Wildman–Crippen LogP) is 2.68. The Bertz CT molecular complexity index is 603. The zero-order chi connectivity index (χ0) is 14.1. The van der Waals surface area contributed by atoms with Gasteiger partial charge in [0, 0.05) is 29.9 Å². The molecule has 0 amide bonds. The number of rotatable bonds is 3. The molecule has 0 fully saturated rings. The van der Waals surface area contributed by atoms with Crippen molar-refractivity contribution in [3.8, 4) is 0 Å². The summed E-state index contributed by atoms with van der Waals surface area (Å²) in [4.78, 5) is 11.2. The van der Waals surface area contributed by atoms with Gasteiger partial charge in [0.25, 0.3) is 0 Å². The van der Waals surface area contributed by atoms with E-state index in [0.717, 1.165) is 30.3 Å². The van der Waals surface area contributed by atoms with E-state index in [1.54, 1.807) is 0 Å². The van der Waals surface area contributed by atoms with Crippen molar-refractivity contribution < 1.29 is 0 Å². The summed E-state index contributed by atoms with van der Waals surface area (Å²) in [5.41, 5.74) is 9.39. The van der Waals surface area contributed by atoms with Gasteiger partial charge in [0.15, 0.2) is 0 Å². The molecule has 4 heteroatoms. The van der Waals surface area contributed by atoms with Gasteiger partial charge >= 0.3 is 0 Å². The van der Waals surface area contributed by atoms with Gasteiger partial charge in [-0.3, -0.25) is 0 Å². The van der Waals surface area contributed by atoms with Crippen LogP contribution in [0.1, 0.15) is 29.4 Å². The topological polar surface area (TPSA) is 55.0 Å². The maximum atomic E-state index is 5.75. The second-order valence-electron chi connectivity index (χ2n) is 5.36. The number of benzene rings is 1. The third-order valence-corrected chi connectivity index (χ3v) is 3.81. The monoisotopic (exact) mass is 268 g/mol. The highest BCUT2D eigenvalue weighted by Crippen LogP contribution is 2.41. The highest BCUT2D eigenvalue weighted by Gasteiger charge is 2.29. The van der Waals surface area contributed by atoms with Crippen molar-refractivity contribution >= 4 is 11.5 Å². The van der Waals surface area contributed by atoms with E-state index in [1.807, 2.05) is 13.8 Å². The molecular formula is C16H20N4. The zero-order valence-corrected chi connectivity index (χ0v) is 12.0. The van der Waals surface area contributed by atoms with Gasteiger partial charge in [-0.1, -0.05) is 18.2 Å². The molecule has 20 heavy (non-hydrogen) atoms. The first-order valence-electron chi connectivity index (χ1n) is 7.08. The summed E-state index contributed by atoms with van der Waals surface area (Å²) < 4.78 is 0. The van der Waals surface area contributed by atoms with Crippen LogP contribution in [0.2, 0.25) is 0 Å². The average molecular weight is 268 g/mol. The number of aromatic nitrogens is 2. The zero-order valence-electron chi connectivity index (χ0n) is 12.0. The van der Waals surface area contributed by atoms with Gasteiger partial charge in [0.05, 0.1) is 0 Å². The maximum Gasteiger partial charge on any atom is 0.136 e. The lowest BCUT2D eigenvalue weighted by Crippen LogP contribution is -2.19. The molecule has 3 rings (SSSR count). The number of hydrogen-bond acceptors (Lipinski definition) is 4. The minimum Gasteiger partial charge on any atom is -0.330 e. The third kappa shape index (κ3) is 2.27. The van der Waals surface area contributed by atoms with Crippen LogP contribution in [0.15, 0.2) is 30.3 Å². The molecule has 0 spiro atoms. The number of nitrogens with zero attached hydrogens (tertiary/aromatic N) is 3. The maximum absolute atomic E-state index is 5.75. The molecule has 0 saturated heterocycles. The van der Waals surface area contributed by atoms with Gasteiger partial charge < -0.3 is 10.6 Å². The Hall–Kier alpha value is -1.94. The van der Waals surface area contributed by atoms with E-state index in [1.165, 1.54) is 11.3 Å². The van der Waals surface area contributed by atoms with Crippen molar-refractivity contribution in [1.29, 1.82) is 0 Å². The second-order valence-corrected chi connectivity index (χ2v) is 5.36. The fraction of sp³-hybridized carbons (Fsp3) is 0.375. The number of anilines is 2. The highest BCUT2D eigenvalue weighted by atomic mass is 15.2. The first-order valence-corrected chi connectivity index (χ1v) is 7.08. The SMILES string of the molecule is Cc1cc(N2CC(CCN)c3ccccc32)nc(C)n1. The van der Waals surface area contributed by atoms with Gasteiger partial charge in [-0.15, -0.1) is 0 Å². The summed E-state index contributed by atoms with van der Waals surface area (Å²) in [5.74, 6) is 2.30. The first-order chi connectivity index (χ1) is 9.69. The van der Waals surface area contributed by atoms with Gasteiger partial charge in [-0.25, -0.2) is 9.97 Å². The minimum atomic E-state index is 0.492. The van der Waals surface area contributed by atoms with Crippen LogP contribution in [0.4, 0.5) is 11.5 Å². The molecule has 0 radical (unpaired) electrons. The molecule has 4 nitrogen and oxygen atoms in total. The molecule has 1 aliphatic rings. The third-order valence-electron chi connectivity index (χ3n) is 3.81. The summed E-state index contributed by atoms with van der Waals surface area (Å²) >= 11 is 0. The fourth-order valence-electron chi connectivity index (χ4n) is 3.00. The van der Waals surface area contributed by atoms with E-state index in [0.29, 0.717) is 12.5 Å². The number of para-hydroxylation sites is 1. The van der Waals surface area contributed by atoms with Crippen LogP contribution in [0.5, 0.6) is 0 Å². The summed E-state index contributed by atoms with van der Waals surface area (Å²) in [5, 5.41) is 0. The molecule has 1 aromatic carbocycles. The number of nitrogens with two attached hydrogens (primary N) is 1. The summed E-state index contributed by atoms with van der Waals surface area (Å²) in [6.07, 6.45) is 1.01. The molecule has 2 N–H and O–H groups in total. The number of aryl methyl sites for hydroxylation is 2. The van der Waals surface area contributed by atoms with E-state index < -0.39 is 0 Å². The first kappa shape index (κ1) is 13.1. The second kappa shape index (κ2) is 5.21. The Labute approximate surface area is 119 Å². The molecule has 104 valence electrons. The molecule has 2 heterocycles. The Balaban J connectivity index is 2.03. The van der Waals surface area contributed by atoms with E-state index in [2.05, 4.69) is 45.2 Å². The van der Waals surface area contributed by atoms with E-state index in [9.17, 15) is 0 Å². The van der Waals surface area contributed by atoms with Crippen LogP contribution in [-0.4, -0.2) is 23.1 Å². The van der Waals surface area contributed by atoms with Gasteiger partial charge in [-0.05, 0) is 38.4 Å². The molecule has 1 atom stereocenters. The normalized spacial score (nSPS) is 17.4. The van der Waals surface area contributed by atoms with Crippen molar-refractivity contribution in [2.24, 2.45) is 5.73 Å². The van der Waals surface area contributed by atoms with Crippen LogP contribution in [-0.2, 0) is 0 Å². The lowest BCUT2D eigenvalue weighted by molar-refractivity contribution is 0.666. The van der Waals surface area contributed by atoms with Gasteiger partial charge in [-0.2, -0.15) is 0 Å². The highest BCUT2D eigenvalue weighted by molar-refractivity contribution is 5.69. The lowest BCUT2D eigenvalue weighted by atomic mass is 9.98. The Morgan fingerprint density at radius 3 is 2.80 bits per heavy atom. The van der Waals surface area contributed by atoms with Crippen molar-refractivity contribution in [2.45, 2.75) is 26.2 Å². The van der Waals surface area contributed by atoms with E-state index >= 15 is 0 Å². The van der Waals surface area contributed by atoms with Crippen molar-refractivity contribution in [3.63, 3.8) is 0 Å². The van der Waals surface area contributed by atoms with E-state index in [-0.39, 0.29) is 0 Å². The average Bonchev–Trinajstić information content (AvgIpc) is 2.78. The molecule has 0 aliphatic carbocycles. The Morgan fingerprint density at radius 1 is 1.25 bits per heavy atom. The molecule has 1 unspecified atom stereocenters. The standard InChI is InChI=1S/C16H20N4/c1-11-9-16(19-12(2)18-11)20-10-13(7-8-17)14-5-3-4-6-15(14)20/h3-6,9,13H,7-8,10,17H2,1-2H3. The Morgan fingerprint density at radius 2 is 2.05 bits per heavy atom. The quantitative estimate of drug-likeness (QED) is 0.930. The van der Waals surface area contributed by atoms with Crippen LogP contribution >= 0.6 is 0 Å². The van der Waals surface area contributed by atoms with Crippen LogP contribution < -0.4 is 10.6 Å². The van der Waals surface area contributed by atoms with Crippen molar-refractivity contribution in [3.05, 3.63) is 47.4 Å². The molecular weight excluding hydrogens is 248 g/mol. The van der Waals surface area contributed by atoms with Crippen molar-refractivity contribution in [2.75, 3.05) is 18.0 Å². The molecule has 0 bridgehead atoms. The van der Waals surface area contributed by atoms with Crippen LogP contribution in [0.3, 0.4) is 0 Å². The number of hydrogen-bond donors (Lipinski definition) is 1. The minimum absolute atomic E-state index is 0.492. The summed E-state index contributed by atoms with van der Waals surface area (Å²) in [6.45, 7) is 5.62. The lowest BCUT2D eigenvalue weighted by Gasteiger charge is -2.19. The van der Waals surface area contributed by atoms with Gasteiger partial charge in [0.2, 0.25) is 0 Å². The van der Waals surface area contributed by atoms with E-state index in [4.69, 9.17) is 5.73 Å². The summed E-state index contributed by atoms with van der Waals surface area (Å²) in [7, 11) is 0. The fourth-order valence-corrected chi connectivity index (χ4v) is 3.00. The number of fused-ring (bicyclic) bond motifs is 1. The predicted molar refractivity (Wildman–Crippen MR) is 81.4 cm³/mol. The van der Waals surface area contributed by atoms with Crippen molar-refractivity contribution in [1.82, 2.24) is 9.97 Å². The summed E-state index contributed by atoms with van der Waals surface area (Å²) in [6, 6.07) is 10.6.